The van der Waals surface area contributed by atoms with Gasteiger partial charge in [-0.3, -0.25) is 4.72 Å². The van der Waals surface area contributed by atoms with Crippen LogP contribution in [0.4, 0.5) is 13.2 Å². The monoisotopic (exact) mass is 393 g/mol. The van der Waals surface area contributed by atoms with Crippen molar-refractivity contribution in [2.45, 2.75) is 56.2 Å². The predicted molar refractivity (Wildman–Crippen MR) is 101 cm³/mol. The summed E-state index contributed by atoms with van der Waals surface area (Å²) in [6, 6.07) is 10.5. The Balaban J connectivity index is 1.52. The van der Waals surface area contributed by atoms with Crippen LogP contribution in [-0.2, 0) is 25.6 Å². The Morgan fingerprint density at radius 3 is 2.48 bits per heavy atom. The Labute approximate surface area is 161 Å². The number of fused-ring (bicyclic) bond motifs is 1. The summed E-state index contributed by atoms with van der Waals surface area (Å²) in [4.78, 5) is 0. The van der Waals surface area contributed by atoms with Gasteiger partial charge in [0, 0.05) is 11.3 Å². The molecular weight excluding hydrogens is 371 g/mol. The molecule has 0 heterocycles. The van der Waals surface area contributed by atoms with E-state index in [4.69, 9.17) is 0 Å². The molecule has 0 bridgehead atoms. The Kier molecular flexibility index (Phi) is 5.23. The van der Waals surface area contributed by atoms with E-state index in [0.29, 0.717) is 23.6 Å². The van der Waals surface area contributed by atoms with Gasteiger partial charge in [-0.05, 0) is 72.1 Å². The Morgan fingerprint density at radius 2 is 1.78 bits per heavy atom. The van der Waals surface area contributed by atoms with Crippen molar-refractivity contribution in [1.29, 1.82) is 0 Å². The molecule has 2 aromatic carbocycles. The van der Waals surface area contributed by atoms with Gasteiger partial charge in [0.05, 0.1) is 12.2 Å². The highest BCUT2D eigenvalue weighted by Gasteiger charge is 2.31. The third-order valence-corrected chi connectivity index (χ3v) is 6.38. The highest BCUT2D eigenvalue weighted by Crippen LogP contribution is 2.38. The first kappa shape index (κ1) is 18.8. The van der Waals surface area contributed by atoms with Gasteiger partial charge in [0.15, 0.2) is 0 Å². The van der Waals surface area contributed by atoms with E-state index in [-0.39, 0.29) is 0 Å². The van der Waals surface area contributed by atoms with E-state index in [9.17, 15) is 18.3 Å². The molecule has 6 heteroatoms. The molecule has 27 heavy (non-hydrogen) atoms. The standard InChI is InChI=1S/C21H22F3NOS/c22-21(23,24)17-10-14(8-15(11-17)12-26)7-13-1-5-19-16(9-13)2-6-20(19)25-27-18-3-4-18/h1,5,8-11,18,20,25-26H,2-4,6-7,12H2. The second kappa shape index (κ2) is 7.49. The normalized spacial score (nSPS) is 19.3. The number of alkyl halides is 3. The summed E-state index contributed by atoms with van der Waals surface area (Å²) >= 11 is 1.84. The summed E-state index contributed by atoms with van der Waals surface area (Å²) < 4.78 is 42.8. The third kappa shape index (κ3) is 4.50. The molecular formula is C21H22F3NOS. The molecule has 1 fully saturated rings. The third-order valence-electron chi connectivity index (χ3n) is 5.16. The van der Waals surface area contributed by atoms with Gasteiger partial charge < -0.3 is 5.11 Å². The first-order chi connectivity index (χ1) is 12.9. The van der Waals surface area contributed by atoms with Crippen LogP contribution in [0.2, 0.25) is 0 Å². The fourth-order valence-electron chi connectivity index (χ4n) is 3.62. The fourth-order valence-corrected chi connectivity index (χ4v) is 4.60. The molecule has 0 radical (unpaired) electrons. The minimum absolute atomic E-state index is 0.294. The smallest absolute Gasteiger partial charge is 0.392 e. The van der Waals surface area contributed by atoms with Gasteiger partial charge >= 0.3 is 6.18 Å². The van der Waals surface area contributed by atoms with E-state index in [1.807, 2.05) is 18.0 Å². The first-order valence-corrected chi connectivity index (χ1v) is 10.1. The Hall–Kier alpha value is -1.50. The summed E-state index contributed by atoms with van der Waals surface area (Å²) in [5.41, 5.74) is 3.77. The van der Waals surface area contributed by atoms with E-state index in [1.165, 1.54) is 30.0 Å². The van der Waals surface area contributed by atoms with Crippen molar-refractivity contribution in [3.8, 4) is 0 Å². The number of aliphatic hydroxyl groups excluding tert-OH is 1. The number of benzene rings is 2. The van der Waals surface area contributed by atoms with Crippen LogP contribution in [0.25, 0.3) is 0 Å². The average Bonchev–Trinajstić information content (AvgIpc) is 3.38. The zero-order valence-electron chi connectivity index (χ0n) is 14.9. The maximum absolute atomic E-state index is 13.1. The minimum atomic E-state index is -4.41. The summed E-state index contributed by atoms with van der Waals surface area (Å²) in [6.45, 7) is -0.396. The SMILES string of the molecule is OCc1cc(Cc2ccc3c(c2)CCC3NSC2CC2)cc(C(F)(F)F)c1. The largest absolute Gasteiger partial charge is 0.416 e. The fraction of sp³-hybridized carbons (Fsp3) is 0.429. The number of aryl methyl sites for hydroxylation is 1. The zero-order valence-corrected chi connectivity index (χ0v) is 15.7. The molecule has 2 aliphatic carbocycles. The highest BCUT2D eigenvalue weighted by molar-refractivity contribution is 7.98. The van der Waals surface area contributed by atoms with E-state index in [1.54, 1.807) is 6.07 Å². The lowest BCUT2D eigenvalue weighted by Gasteiger charge is -2.14. The van der Waals surface area contributed by atoms with Crippen molar-refractivity contribution in [2.75, 3.05) is 0 Å². The topological polar surface area (TPSA) is 32.3 Å². The van der Waals surface area contributed by atoms with Crippen LogP contribution in [0.15, 0.2) is 36.4 Å². The second-order valence-electron chi connectivity index (χ2n) is 7.43. The Morgan fingerprint density at radius 1 is 1.00 bits per heavy atom. The van der Waals surface area contributed by atoms with Crippen molar-refractivity contribution in [2.24, 2.45) is 0 Å². The summed E-state index contributed by atoms with van der Waals surface area (Å²) in [6.07, 6.45) is 0.675. The molecule has 1 unspecified atom stereocenters. The van der Waals surface area contributed by atoms with Crippen LogP contribution in [0.5, 0.6) is 0 Å². The van der Waals surface area contributed by atoms with Gasteiger partial charge in [0.2, 0.25) is 0 Å². The average molecular weight is 393 g/mol. The molecule has 2 nitrogen and oxygen atoms in total. The van der Waals surface area contributed by atoms with Crippen LogP contribution in [0.1, 0.15) is 58.7 Å². The van der Waals surface area contributed by atoms with Gasteiger partial charge in [-0.15, -0.1) is 0 Å². The molecule has 0 amide bonds. The van der Waals surface area contributed by atoms with Crippen molar-refractivity contribution in [1.82, 2.24) is 4.72 Å². The number of rotatable bonds is 6. The van der Waals surface area contributed by atoms with Crippen molar-refractivity contribution in [3.63, 3.8) is 0 Å². The number of aliphatic hydroxyl groups is 1. The lowest BCUT2D eigenvalue weighted by Crippen LogP contribution is -2.11. The lowest BCUT2D eigenvalue weighted by molar-refractivity contribution is -0.137. The number of halogens is 3. The first-order valence-electron chi connectivity index (χ1n) is 9.26. The van der Waals surface area contributed by atoms with Crippen LogP contribution >= 0.6 is 11.9 Å². The highest BCUT2D eigenvalue weighted by atomic mass is 32.2. The maximum atomic E-state index is 13.1. The molecule has 4 rings (SSSR count). The van der Waals surface area contributed by atoms with E-state index in [2.05, 4.69) is 16.9 Å². The summed E-state index contributed by atoms with van der Waals surface area (Å²) in [7, 11) is 0. The molecule has 0 aromatic heterocycles. The van der Waals surface area contributed by atoms with E-state index < -0.39 is 18.3 Å². The number of hydrogen-bond donors (Lipinski definition) is 2. The number of nitrogens with one attached hydrogen (secondary N) is 1. The van der Waals surface area contributed by atoms with Gasteiger partial charge in [-0.2, -0.15) is 13.2 Å². The van der Waals surface area contributed by atoms with Crippen molar-refractivity contribution >= 4 is 11.9 Å². The maximum Gasteiger partial charge on any atom is 0.416 e. The Bertz CT molecular complexity index is 833. The molecule has 2 N–H and O–H groups in total. The molecule has 144 valence electrons. The molecule has 0 saturated heterocycles. The minimum Gasteiger partial charge on any atom is -0.392 e. The van der Waals surface area contributed by atoms with Crippen LogP contribution in [0.3, 0.4) is 0 Å². The van der Waals surface area contributed by atoms with E-state index >= 15 is 0 Å². The quantitative estimate of drug-likeness (QED) is 0.664. The number of hydrogen-bond acceptors (Lipinski definition) is 3. The zero-order chi connectivity index (χ0) is 19.0. The van der Waals surface area contributed by atoms with Crippen LogP contribution < -0.4 is 4.72 Å². The van der Waals surface area contributed by atoms with Crippen LogP contribution in [0, 0.1) is 0 Å². The van der Waals surface area contributed by atoms with Gasteiger partial charge in [0.25, 0.3) is 0 Å². The molecule has 0 spiro atoms. The summed E-state index contributed by atoms with van der Waals surface area (Å²) in [5, 5.41) is 10.1. The van der Waals surface area contributed by atoms with Gasteiger partial charge in [-0.25, -0.2) is 0 Å². The molecule has 1 atom stereocenters. The lowest BCUT2D eigenvalue weighted by atomic mass is 9.97. The molecule has 1 saturated carbocycles. The molecule has 2 aliphatic rings. The van der Waals surface area contributed by atoms with E-state index in [0.717, 1.165) is 29.7 Å². The predicted octanol–water partition coefficient (Wildman–Crippen LogP) is 5.18. The second-order valence-corrected chi connectivity index (χ2v) is 8.57. The van der Waals surface area contributed by atoms with Crippen LogP contribution in [-0.4, -0.2) is 10.4 Å². The van der Waals surface area contributed by atoms with Gasteiger partial charge in [-0.1, -0.05) is 36.2 Å². The van der Waals surface area contributed by atoms with Gasteiger partial charge in [0.1, 0.15) is 0 Å². The summed E-state index contributed by atoms with van der Waals surface area (Å²) in [5.74, 6) is 0. The molecule has 2 aromatic rings. The van der Waals surface area contributed by atoms with Crippen molar-refractivity contribution in [3.05, 3.63) is 69.8 Å². The van der Waals surface area contributed by atoms with Crippen molar-refractivity contribution < 1.29 is 18.3 Å². The molecule has 0 aliphatic heterocycles.